The maximum absolute atomic E-state index is 10.8. The molecule has 0 aliphatic carbocycles. The van der Waals surface area contributed by atoms with Gasteiger partial charge in [0.2, 0.25) is 0 Å². The lowest BCUT2D eigenvalue weighted by molar-refractivity contribution is -0.139. The summed E-state index contributed by atoms with van der Waals surface area (Å²) < 4.78 is 12.3. The maximum Gasteiger partial charge on any atom is 0.341 e. The Morgan fingerprint density at radius 3 is 2.00 bits per heavy atom. The van der Waals surface area contributed by atoms with Gasteiger partial charge in [0, 0.05) is 15.6 Å². The number of aliphatic hydroxyl groups is 1. The second-order valence-corrected chi connectivity index (χ2v) is 9.64. The van der Waals surface area contributed by atoms with E-state index in [0.29, 0.717) is 18.1 Å². The summed E-state index contributed by atoms with van der Waals surface area (Å²) in [4.78, 5) is 10.8. The normalized spacial score (nSPS) is 10.9. The van der Waals surface area contributed by atoms with E-state index in [2.05, 4.69) is 39.9 Å². The third kappa shape index (κ3) is 8.08. The van der Waals surface area contributed by atoms with Crippen LogP contribution in [0.5, 0.6) is 11.5 Å². The van der Waals surface area contributed by atoms with E-state index in [9.17, 15) is 9.90 Å². The second-order valence-electron chi connectivity index (χ2n) is 8.73. The number of carbonyl (C=O) groups is 1. The van der Waals surface area contributed by atoms with Gasteiger partial charge in [0.05, 0.1) is 6.61 Å². The van der Waals surface area contributed by atoms with Crippen LogP contribution in [0.15, 0.2) is 102 Å². The highest BCUT2D eigenvalue weighted by Crippen LogP contribution is 2.27. The number of aliphatic carboxylic acids is 1. The van der Waals surface area contributed by atoms with Crippen LogP contribution in [0.2, 0.25) is 0 Å². The fraction of sp³-hybridized carbons (Fsp3) is 0.121. The van der Waals surface area contributed by atoms with Crippen molar-refractivity contribution in [3.8, 4) is 23.3 Å². The number of carboxylic acids is 1. The molecule has 2 N–H and O–H groups in total. The van der Waals surface area contributed by atoms with Crippen LogP contribution >= 0.6 is 15.9 Å². The fourth-order valence-corrected chi connectivity index (χ4v) is 4.10. The first-order valence-corrected chi connectivity index (χ1v) is 13.1. The van der Waals surface area contributed by atoms with Crippen LogP contribution in [0.3, 0.4) is 0 Å². The molecule has 0 aromatic heterocycles. The van der Waals surface area contributed by atoms with Gasteiger partial charge in [-0.1, -0.05) is 64.2 Å². The van der Waals surface area contributed by atoms with E-state index in [1.54, 1.807) is 12.1 Å². The molecule has 196 valence electrons. The molecular formula is C33H27BrO5. The SMILES string of the molecule is Cc1cc(OC/C=C(/c2ccc(Br)cc2)c2ccc(C#Cc3ccc(CO)cc3)cc2)ccc1OCC(=O)O. The third-order valence-electron chi connectivity index (χ3n) is 5.87. The topological polar surface area (TPSA) is 76.0 Å². The first-order chi connectivity index (χ1) is 18.9. The molecule has 0 saturated carbocycles. The summed E-state index contributed by atoms with van der Waals surface area (Å²) in [5.41, 5.74) is 6.56. The zero-order valence-electron chi connectivity index (χ0n) is 21.4. The van der Waals surface area contributed by atoms with Gasteiger partial charge in [-0.3, -0.25) is 0 Å². The standard InChI is InChI=1S/C33H27BrO5/c1-23-20-30(16-17-32(23)39-22-33(36)37)38-19-18-31(28-12-14-29(34)15-13-28)27-10-8-25(9-11-27)3-2-24-4-6-26(21-35)7-5-24/h4-18,20,35H,19,21-22H2,1H3,(H,36,37)/b31-18+. The minimum absolute atomic E-state index is 0.0178. The number of aryl methyl sites for hydroxylation is 1. The van der Waals surface area contributed by atoms with E-state index in [0.717, 1.165) is 43.4 Å². The van der Waals surface area contributed by atoms with Crippen LogP contribution < -0.4 is 9.47 Å². The molecule has 5 nitrogen and oxygen atoms in total. The van der Waals surface area contributed by atoms with Crippen LogP contribution in [0.1, 0.15) is 33.4 Å². The predicted molar refractivity (Wildman–Crippen MR) is 156 cm³/mol. The van der Waals surface area contributed by atoms with Crippen molar-refractivity contribution in [2.45, 2.75) is 13.5 Å². The van der Waals surface area contributed by atoms with E-state index in [4.69, 9.17) is 14.6 Å². The van der Waals surface area contributed by atoms with Crippen molar-refractivity contribution in [2.24, 2.45) is 0 Å². The van der Waals surface area contributed by atoms with E-state index in [1.807, 2.05) is 79.7 Å². The van der Waals surface area contributed by atoms with E-state index >= 15 is 0 Å². The number of benzene rings is 4. The number of rotatable bonds is 9. The van der Waals surface area contributed by atoms with Crippen molar-refractivity contribution in [1.82, 2.24) is 0 Å². The van der Waals surface area contributed by atoms with E-state index < -0.39 is 5.97 Å². The van der Waals surface area contributed by atoms with Gasteiger partial charge in [0.25, 0.3) is 0 Å². The van der Waals surface area contributed by atoms with Crippen LogP contribution in [-0.2, 0) is 11.4 Å². The number of ether oxygens (including phenoxy) is 2. The summed E-state index contributed by atoms with van der Waals surface area (Å²) in [5.74, 6) is 6.52. The average Bonchev–Trinajstić information content (AvgIpc) is 2.95. The molecule has 0 radical (unpaired) electrons. The van der Waals surface area contributed by atoms with Gasteiger partial charge in [-0.15, -0.1) is 0 Å². The summed E-state index contributed by atoms with van der Waals surface area (Å²) in [6, 6.07) is 29.1. The largest absolute Gasteiger partial charge is 0.489 e. The molecule has 6 heteroatoms. The van der Waals surface area contributed by atoms with Crippen molar-refractivity contribution in [2.75, 3.05) is 13.2 Å². The van der Waals surface area contributed by atoms with E-state index in [1.165, 1.54) is 0 Å². The van der Waals surface area contributed by atoms with Gasteiger partial charge in [-0.25, -0.2) is 4.79 Å². The first-order valence-electron chi connectivity index (χ1n) is 12.3. The van der Waals surface area contributed by atoms with Gasteiger partial charge in [-0.05, 0) is 95.4 Å². The van der Waals surface area contributed by atoms with Crippen LogP contribution in [0.4, 0.5) is 0 Å². The Morgan fingerprint density at radius 1 is 0.846 bits per heavy atom. The van der Waals surface area contributed by atoms with Gasteiger partial charge in [0.15, 0.2) is 6.61 Å². The lowest BCUT2D eigenvalue weighted by Crippen LogP contribution is -2.10. The Balaban J connectivity index is 1.51. The molecule has 0 aliphatic rings. The fourth-order valence-electron chi connectivity index (χ4n) is 3.84. The maximum atomic E-state index is 10.8. The molecule has 4 aromatic rings. The monoisotopic (exact) mass is 582 g/mol. The minimum atomic E-state index is -1.02. The van der Waals surface area contributed by atoms with Crippen molar-refractivity contribution in [3.05, 3.63) is 135 Å². The first kappa shape index (κ1) is 27.7. The molecule has 0 atom stereocenters. The number of halogens is 1. The quantitative estimate of drug-likeness (QED) is 0.217. The second kappa shape index (κ2) is 13.5. The van der Waals surface area contributed by atoms with Crippen LogP contribution in [0.25, 0.3) is 5.57 Å². The molecule has 39 heavy (non-hydrogen) atoms. The number of carboxylic acid groups (broad SMARTS) is 1. The Morgan fingerprint density at radius 2 is 1.44 bits per heavy atom. The lowest BCUT2D eigenvalue weighted by atomic mass is 9.97. The number of hydrogen-bond acceptors (Lipinski definition) is 4. The summed E-state index contributed by atoms with van der Waals surface area (Å²) in [5, 5.41) is 18.0. The third-order valence-corrected chi connectivity index (χ3v) is 6.40. The number of hydrogen-bond donors (Lipinski definition) is 2. The zero-order chi connectivity index (χ0) is 27.6. The molecule has 0 bridgehead atoms. The molecule has 0 aliphatic heterocycles. The lowest BCUT2D eigenvalue weighted by Gasteiger charge is -2.12. The van der Waals surface area contributed by atoms with Crippen molar-refractivity contribution in [1.29, 1.82) is 0 Å². The number of aliphatic hydroxyl groups excluding tert-OH is 1. The Bertz CT molecular complexity index is 1510. The average molecular weight is 583 g/mol. The molecule has 0 spiro atoms. The van der Waals surface area contributed by atoms with Crippen molar-refractivity contribution < 1.29 is 24.5 Å². The van der Waals surface area contributed by atoms with Crippen LogP contribution in [0, 0.1) is 18.8 Å². The highest BCUT2D eigenvalue weighted by Gasteiger charge is 2.08. The molecule has 0 saturated heterocycles. The van der Waals surface area contributed by atoms with Gasteiger partial charge < -0.3 is 19.7 Å². The Kier molecular flexibility index (Phi) is 9.58. The minimum Gasteiger partial charge on any atom is -0.489 e. The molecule has 0 heterocycles. The highest BCUT2D eigenvalue weighted by atomic mass is 79.9. The molecule has 0 amide bonds. The summed E-state index contributed by atoms with van der Waals surface area (Å²) in [6.45, 7) is 1.82. The van der Waals surface area contributed by atoms with Crippen LogP contribution in [-0.4, -0.2) is 29.4 Å². The van der Waals surface area contributed by atoms with Crippen molar-refractivity contribution >= 4 is 27.5 Å². The Hall–Kier alpha value is -4.31. The smallest absolute Gasteiger partial charge is 0.341 e. The summed E-state index contributed by atoms with van der Waals surface area (Å²) >= 11 is 3.51. The summed E-state index contributed by atoms with van der Waals surface area (Å²) in [6.07, 6.45) is 2.04. The highest BCUT2D eigenvalue weighted by molar-refractivity contribution is 9.10. The van der Waals surface area contributed by atoms with Gasteiger partial charge >= 0.3 is 5.97 Å². The summed E-state index contributed by atoms with van der Waals surface area (Å²) in [7, 11) is 0. The molecule has 0 fully saturated rings. The van der Waals surface area contributed by atoms with E-state index in [-0.39, 0.29) is 13.2 Å². The zero-order valence-corrected chi connectivity index (χ0v) is 22.9. The molecule has 0 unspecified atom stereocenters. The molecule has 4 rings (SSSR count). The molecule has 4 aromatic carbocycles. The van der Waals surface area contributed by atoms with Crippen molar-refractivity contribution in [3.63, 3.8) is 0 Å². The van der Waals surface area contributed by atoms with Gasteiger partial charge in [0.1, 0.15) is 18.1 Å². The van der Waals surface area contributed by atoms with Gasteiger partial charge in [-0.2, -0.15) is 0 Å². The predicted octanol–water partition coefficient (Wildman–Crippen LogP) is 6.62. The molecular weight excluding hydrogens is 556 g/mol. The Labute approximate surface area is 236 Å².